The van der Waals surface area contributed by atoms with Crippen LogP contribution in [-0.2, 0) is 9.59 Å². The van der Waals surface area contributed by atoms with Gasteiger partial charge in [-0.05, 0) is 56.7 Å². The number of carbonyl (C=O) groups is 2. The largest absolute Gasteiger partial charge is 0.355 e. The molecular weight excluding hydrogens is 356 g/mol. The number of anilines is 1. The summed E-state index contributed by atoms with van der Waals surface area (Å²) in [6, 6.07) is 5.57. The first-order chi connectivity index (χ1) is 11.0. The maximum absolute atomic E-state index is 11.9. The highest BCUT2D eigenvalue weighted by atomic mass is 79.9. The molecule has 0 saturated carbocycles. The van der Waals surface area contributed by atoms with Crippen LogP contribution in [-0.4, -0.2) is 18.4 Å². The number of rotatable bonds is 6. The van der Waals surface area contributed by atoms with Crippen molar-refractivity contribution < 1.29 is 9.59 Å². The molecule has 2 amide bonds. The molecular formula is C18H23BrN2O2. The Morgan fingerprint density at radius 1 is 1.22 bits per heavy atom. The van der Waals surface area contributed by atoms with Crippen molar-refractivity contribution in [3.63, 3.8) is 0 Å². The molecule has 0 unspecified atom stereocenters. The van der Waals surface area contributed by atoms with Crippen LogP contribution >= 0.6 is 15.9 Å². The van der Waals surface area contributed by atoms with E-state index in [-0.39, 0.29) is 18.2 Å². The predicted octanol–water partition coefficient (Wildman–Crippen LogP) is 4.09. The minimum absolute atomic E-state index is 0.148. The summed E-state index contributed by atoms with van der Waals surface area (Å²) in [6.07, 6.45) is 7.82. The van der Waals surface area contributed by atoms with Crippen molar-refractivity contribution in [1.29, 1.82) is 0 Å². The summed E-state index contributed by atoms with van der Waals surface area (Å²) >= 11 is 3.42. The van der Waals surface area contributed by atoms with Crippen LogP contribution in [0, 0.1) is 6.92 Å². The van der Waals surface area contributed by atoms with Gasteiger partial charge in [0.15, 0.2) is 0 Å². The van der Waals surface area contributed by atoms with Crippen molar-refractivity contribution in [1.82, 2.24) is 5.32 Å². The lowest BCUT2D eigenvalue weighted by Gasteiger charge is -2.13. The zero-order valence-electron chi connectivity index (χ0n) is 13.5. The van der Waals surface area contributed by atoms with E-state index in [2.05, 4.69) is 32.6 Å². The van der Waals surface area contributed by atoms with E-state index in [1.54, 1.807) is 0 Å². The van der Waals surface area contributed by atoms with Crippen LogP contribution in [0.4, 0.5) is 5.69 Å². The summed E-state index contributed by atoms with van der Waals surface area (Å²) in [5.74, 6) is -0.528. The predicted molar refractivity (Wildman–Crippen MR) is 96.3 cm³/mol. The fourth-order valence-corrected chi connectivity index (χ4v) is 2.96. The Labute approximate surface area is 145 Å². The third-order valence-electron chi connectivity index (χ3n) is 3.93. The van der Waals surface area contributed by atoms with Gasteiger partial charge in [-0.2, -0.15) is 0 Å². The van der Waals surface area contributed by atoms with Gasteiger partial charge in [0.2, 0.25) is 11.8 Å². The van der Waals surface area contributed by atoms with E-state index in [4.69, 9.17) is 0 Å². The quantitative estimate of drug-likeness (QED) is 0.578. The van der Waals surface area contributed by atoms with Gasteiger partial charge in [-0.1, -0.05) is 33.6 Å². The van der Waals surface area contributed by atoms with Crippen molar-refractivity contribution in [2.75, 3.05) is 11.9 Å². The zero-order chi connectivity index (χ0) is 16.7. The molecule has 0 bridgehead atoms. The average molecular weight is 379 g/mol. The molecule has 23 heavy (non-hydrogen) atoms. The second-order valence-electron chi connectivity index (χ2n) is 5.90. The number of aryl methyl sites for hydroxylation is 1. The van der Waals surface area contributed by atoms with Gasteiger partial charge in [-0.15, -0.1) is 0 Å². The maximum atomic E-state index is 11.9. The Balaban J connectivity index is 1.70. The Kier molecular flexibility index (Phi) is 6.84. The van der Waals surface area contributed by atoms with E-state index >= 15 is 0 Å². The smallest absolute Gasteiger partial charge is 0.233 e. The van der Waals surface area contributed by atoms with Gasteiger partial charge in [-0.25, -0.2) is 0 Å². The van der Waals surface area contributed by atoms with Gasteiger partial charge in [0.05, 0.1) is 0 Å². The highest BCUT2D eigenvalue weighted by Crippen LogP contribution is 2.21. The van der Waals surface area contributed by atoms with Crippen LogP contribution in [0.3, 0.4) is 0 Å². The third kappa shape index (κ3) is 6.18. The lowest BCUT2D eigenvalue weighted by molar-refractivity contribution is -0.126. The molecule has 0 atom stereocenters. The molecule has 0 radical (unpaired) electrons. The number of nitrogens with one attached hydrogen (secondary N) is 2. The molecule has 2 N–H and O–H groups in total. The van der Waals surface area contributed by atoms with E-state index in [9.17, 15) is 9.59 Å². The molecule has 0 spiro atoms. The molecule has 0 heterocycles. The fourth-order valence-electron chi connectivity index (χ4n) is 2.58. The van der Waals surface area contributed by atoms with E-state index < -0.39 is 0 Å². The fraction of sp³-hybridized carbons (Fsp3) is 0.444. The summed E-state index contributed by atoms with van der Waals surface area (Å²) in [7, 11) is 0. The first-order valence-corrected chi connectivity index (χ1v) is 8.84. The van der Waals surface area contributed by atoms with Crippen LogP contribution in [0.5, 0.6) is 0 Å². The van der Waals surface area contributed by atoms with Crippen LogP contribution in [0.25, 0.3) is 0 Å². The van der Waals surface area contributed by atoms with Crippen LogP contribution < -0.4 is 10.6 Å². The van der Waals surface area contributed by atoms with E-state index in [0.29, 0.717) is 12.2 Å². The van der Waals surface area contributed by atoms with Gasteiger partial charge in [0.1, 0.15) is 6.42 Å². The van der Waals surface area contributed by atoms with Crippen LogP contribution in [0.2, 0.25) is 0 Å². The summed E-state index contributed by atoms with van der Waals surface area (Å²) in [5.41, 5.74) is 3.20. The van der Waals surface area contributed by atoms with Gasteiger partial charge in [0.25, 0.3) is 0 Å². The Hall–Kier alpha value is -1.62. The molecule has 5 heteroatoms. The molecule has 0 saturated heterocycles. The molecule has 1 aromatic rings. The number of benzene rings is 1. The van der Waals surface area contributed by atoms with E-state index in [1.807, 2.05) is 25.1 Å². The Bertz CT molecular complexity index is 611. The number of amides is 2. The average Bonchev–Trinajstić information content (AvgIpc) is 2.52. The van der Waals surface area contributed by atoms with E-state index in [0.717, 1.165) is 29.3 Å². The summed E-state index contributed by atoms with van der Waals surface area (Å²) in [4.78, 5) is 23.7. The number of hydrogen-bond acceptors (Lipinski definition) is 2. The van der Waals surface area contributed by atoms with Gasteiger partial charge >= 0.3 is 0 Å². The lowest BCUT2D eigenvalue weighted by atomic mass is 9.97. The normalized spacial score (nSPS) is 14.1. The third-order valence-corrected chi connectivity index (χ3v) is 4.78. The summed E-state index contributed by atoms with van der Waals surface area (Å²) in [5, 5.41) is 5.56. The Morgan fingerprint density at radius 3 is 2.74 bits per heavy atom. The minimum atomic E-state index is -0.296. The highest BCUT2D eigenvalue weighted by Gasteiger charge is 2.10. The minimum Gasteiger partial charge on any atom is -0.355 e. The van der Waals surface area contributed by atoms with Crippen molar-refractivity contribution in [2.24, 2.45) is 0 Å². The van der Waals surface area contributed by atoms with Gasteiger partial charge in [-0.3, -0.25) is 9.59 Å². The molecule has 2 rings (SSSR count). The van der Waals surface area contributed by atoms with Crippen molar-refractivity contribution in [3.8, 4) is 0 Å². The van der Waals surface area contributed by atoms with Gasteiger partial charge in [0, 0.05) is 16.7 Å². The number of halogens is 1. The number of hydrogen-bond donors (Lipinski definition) is 2. The first kappa shape index (κ1) is 17.7. The Morgan fingerprint density at radius 2 is 2.04 bits per heavy atom. The molecule has 4 nitrogen and oxygen atoms in total. The van der Waals surface area contributed by atoms with Crippen LogP contribution in [0.15, 0.2) is 34.3 Å². The molecule has 0 fully saturated rings. The second-order valence-corrected chi connectivity index (χ2v) is 6.75. The monoisotopic (exact) mass is 378 g/mol. The second kappa shape index (κ2) is 8.87. The summed E-state index contributed by atoms with van der Waals surface area (Å²) < 4.78 is 0.931. The van der Waals surface area contributed by atoms with Crippen molar-refractivity contribution in [2.45, 2.75) is 45.4 Å². The summed E-state index contributed by atoms with van der Waals surface area (Å²) in [6.45, 7) is 2.58. The number of allylic oxidation sites excluding steroid dienone is 1. The molecule has 124 valence electrons. The molecule has 1 aliphatic carbocycles. The van der Waals surface area contributed by atoms with Crippen molar-refractivity contribution in [3.05, 3.63) is 39.9 Å². The first-order valence-electron chi connectivity index (χ1n) is 8.05. The van der Waals surface area contributed by atoms with E-state index in [1.165, 1.54) is 18.4 Å². The molecule has 1 aliphatic rings. The standard InChI is InChI=1S/C18H23BrN2O2/c1-13-7-8-15(11-16(13)19)21-18(23)12-17(22)20-10-9-14-5-3-2-4-6-14/h5,7-8,11H,2-4,6,9-10,12H2,1H3,(H,20,22)(H,21,23). The highest BCUT2D eigenvalue weighted by molar-refractivity contribution is 9.10. The molecule has 0 aliphatic heterocycles. The molecule has 0 aromatic heterocycles. The zero-order valence-corrected chi connectivity index (χ0v) is 15.0. The molecule has 1 aromatic carbocycles. The number of carbonyl (C=O) groups excluding carboxylic acids is 2. The lowest BCUT2D eigenvalue weighted by Crippen LogP contribution is -2.29. The van der Waals surface area contributed by atoms with Gasteiger partial charge < -0.3 is 10.6 Å². The van der Waals surface area contributed by atoms with Crippen molar-refractivity contribution >= 4 is 33.4 Å². The topological polar surface area (TPSA) is 58.2 Å². The maximum Gasteiger partial charge on any atom is 0.233 e. The SMILES string of the molecule is Cc1ccc(NC(=O)CC(=O)NCCC2=CCCCC2)cc1Br. The van der Waals surface area contributed by atoms with Crippen LogP contribution in [0.1, 0.15) is 44.1 Å².